The van der Waals surface area contributed by atoms with Gasteiger partial charge in [-0.15, -0.1) is 0 Å². The molecule has 136 valence electrons. The lowest BCUT2D eigenvalue weighted by Crippen LogP contribution is -2.13. The van der Waals surface area contributed by atoms with Crippen molar-refractivity contribution in [2.75, 3.05) is 7.11 Å². The average molecular weight is 369 g/mol. The van der Waals surface area contributed by atoms with E-state index < -0.39 is 5.97 Å². The van der Waals surface area contributed by atoms with E-state index in [1.165, 1.54) is 0 Å². The van der Waals surface area contributed by atoms with Gasteiger partial charge in [0.1, 0.15) is 11.3 Å². The van der Waals surface area contributed by atoms with Gasteiger partial charge in [-0.05, 0) is 41.8 Å². The number of hydrogen-bond acceptors (Lipinski definition) is 5. The SMILES string of the molecule is COc1ccc2ccnc3c(=NOC(=O)c4ccccc4)c4cccn4c1c23. The number of aromatic nitrogens is 2. The second-order valence-corrected chi connectivity index (χ2v) is 6.32. The van der Waals surface area contributed by atoms with E-state index >= 15 is 0 Å². The average Bonchev–Trinajstić information content (AvgIpc) is 3.23. The van der Waals surface area contributed by atoms with E-state index in [2.05, 4.69) is 10.1 Å². The minimum absolute atomic E-state index is 0.436. The van der Waals surface area contributed by atoms with Crippen LogP contribution in [0.2, 0.25) is 0 Å². The quantitative estimate of drug-likeness (QED) is 0.359. The van der Waals surface area contributed by atoms with Crippen LogP contribution in [0.4, 0.5) is 0 Å². The highest BCUT2D eigenvalue weighted by Crippen LogP contribution is 2.32. The molecule has 0 saturated carbocycles. The maximum absolute atomic E-state index is 12.3. The van der Waals surface area contributed by atoms with Crippen molar-refractivity contribution in [2.45, 2.75) is 0 Å². The monoisotopic (exact) mass is 369 g/mol. The van der Waals surface area contributed by atoms with Crippen molar-refractivity contribution < 1.29 is 14.4 Å². The third-order valence-electron chi connectivity index (χ3n) is 4.77. The van der Waals surface area contributed by atoms with Crippen molar-refractivity contribution in [3.63, 3.8) is 0 Å². The highest BCUT2D eigenvalue weighted by Gasteiger charge is 2.16. The number of fused-ring (bicyclic) bond motifs is 2. The Morgan fingerprint density at radius 2 is 1.89 bits per heavy atom. The highest BCUT2D eigenvalue weighted by molar-refractivity contribution is 6.10. The Labute approximate surface area is 159 Å². The van der Waals surface area contributed by atoms with E-state index in [1.807, 2.05) is 47.0 Å². The number of nitrogens with zero attached hydrogens (tertiary/aromatic N) is 3. The molecule has 0 aliphatic carbocycles. The summed E-state index contributed by atoms with van der Waals surface area (Å²) < 4.78 is 7.55. The molecule has 0 bridgehead atoms. The number of carbonyl (C=O) groups is 1. The Bertz CT molecular complexity index is 1390. The van der Waals surface area contributed by atoms with Crippen molar-refractivity contribution >= 4 is 33.3 Å². The molecule has 0 atom stereocenters. The predicted molar refractivity (Wildman–Crippen MR) is 105 cm³/mol. The van der Waals surface area contributed by atoms with Crippen LogP contribution in [0.1, 0.15) is 10.4 Å². The minimum atomic E-state index is -0.519. The lowest BCUT2D eigenvalue weighted by atomic mass is 10.1. The Hall–Kier alpha value is -3.93. The molecule has 0 unspecified atom stereocenters. The molecule has 0 aliphatic rings. The number of ether oxygens (including phenoxy) is 1. The van der Waals surface area contributed by atoms with Gasteiger partial charge in [0.2, 0.25) is 0 Å². The van der Waals surface area contributed by atoms with Crippen LogP contribution in [0.25, 0.3) is 27.3 Å². The summed E-state index contributed by atoms with van der Waals surface area (Å²) in [5.41, 5.74) is 2.76. The van der Waals surface area contributed by atoms with Crippen molar-refractivity contribution in [1.82, 2.24) is 9.38 Å². The molecule has 5 rings (SSSR count). The summed E-state index contributed by atoms with van der Waals surface area (Å²) >= 11 is 0. The third kappa shape index (κ3) is 2.39. The predicted octanol–water partition coefficient (Wildman–Crippen LogP) is 3.76. The second kappa shape index (κ2) is 6.35. The molecule has 0 fully saturated rings. The lowest BCUT2D eigenvalue weighted by Gasteiger charge is -2.12. The molecule has 28 heavy (non-hydrogen) atoms. The number of rotatable bonds is 3. The first-order valence-corrected chi connectivity index (χ1v) is 8.76. The van der Waals surface area contributed by atoms with Crippen LogP contribution in [-0.4, -0.2) is 22.5 Å². The number of carbonyl (C=O) groups excluding carboxylic acids is 1. The van der Waals surface area contributed by atoms with Crippen LogP contribution in [0.15, 0.2) is 78.2 Å². The molecule has 0 radical (unpaired) electrons. The van der Waals surface area contributed by atoms with Gasteiger partial charge in [-0.3, -0.25) is 4.98 Å². The number of methoxy groups -OCH3 is 1. The molecule has 6 nitrogen and oxygen atoms in total. The Balaban J connectivity index is 1.80. The van der Waals surface area contributed by atoms with Gasteiger partial charge in [0, 0.05) is 17.8 Å². The molecule has 0 aliphatic heterocycles. The molecule has 0 N–H and O–H groups in total. The number of pyridine rings is 2. The van der Waals surface area contributed by atoms with E-state index in [-0.39, 0.29) is 0 Å². The van der Waals surface area contributed by atoms with Crippen LogP contribution in [0.5, 0.6) is 5.75 Å². The molecular formula is C22H15N3O3. The molecule has 5 aromatic rings. The largest absolute Gasteiger partial charge is 0.495 e. The fourth-order valence-corrected chi connectivity index (χ4v) is 3.51. The van der Waals surface area contributed by atoms with Crippen molar-refractivity contribution in [3.8, 4) is 5.75 Å². The summed E-state index contributed by atoms with van der Waals surface area (Å²) in [5, 5.41) is 6.60. The summed E-state index contributed by atoms with van der Waals surface area (Å²) in [6, 6.07) is 18.4. The molecule has 0 saturated heterocycles. The van der Waals surface area contributed by atoms with E-state index in [1.54, 1.807) is 37.6 Å². The molecule has 3 aromatic heterocycles. The first kappa shape index (κ1) is 16.3. The summed E-state index contributed by atoms with van der Waals surface area (Å²) in [6.07, 6.45) is 3.65. The number of benzene rings is 2. The van der Waals surface area contributed by atoms with Crippen molar-refractivity contribution in [2.24, 2.45) is 5.16 Å². The van der Waals surface area contributed by atoms with Crippen LogP contribution >= 0.6 is 0 Å². The lowest BCUT2D eigenvalue weighted by molar-refractivity contribution is 0.0499. The molecule has 3 heterocycles. The smallest absolute Gasteiger partial charge is 0.365 e. The topological polar surface area (TPSA) is 65.2 Å². The van der Waals surface area contributed by atoms with E-state index in [0.29, 0.717) is 16.4 Å². The van der Waals surface area contributed by atoms with E-state index in [0.717, 1.165) is 27.6 Å². The zero-order chi connectivity index (χ0) is 19.1. The Kier molecular flexibility index (Phi) is 3.69. The van der Waals surface area contributed by atoms with Gasteiger partial charge in [-0.1, -0.05) is 29.4 Å². The van der Waals surface area contributed by atoms with Crippen LogP contribution in [0, 0.1) is 0 Å². The maximum Gasteiger partial charge on any atom is 0.365 e. The molecule has 2 aromatic carbocycles. The summed E-state index contributed by atoms with van der Waals surface area (Å²) in [4.78, 5) is 22.1. The fraction of sp³-hybridized carbons (Fsp3) is 0.0455. The Morgan fingerprint density at radius 3 is 2.71 bits per heavy atom. The molecular weight excluding hydrogens is 354 g/mol. The zero-order valence-corrected chi connectivity index (χ0v) is 15.0. The van der Waals surface area contributed by atoms with Gasteiger partial charge in [0.05, 0.1) is 23.7 Å². The molecule has 6 heteroatoms. The van der Waals surface area contributed by atoms with Crippen molar-refractivity contribution in [3.05, 3.63) is 84.0 Å². The van der Waals surface area contributed by atoms with Crippen molar-refractivity contribution in [1.29, 1.82) is 0 Å². The van der Waals surface area contributed by atoms with E-state index in [4.69, 9.17) is 9.57 Å². The summed E-state index contributed by atoms with van der Waals surface area (Å²) in [5.74, 6) is 0.217. The van der Waals surface area contributed by atoms with Crippen LogP contribution in [0.3, 0.4) is 0 Å². The maximum atomic E-state index is 12.3. The van der Waals surface area contributed by atoms with Gasteiger partial charge < -0.3 is 14.0 Å². The van der Waals surface area contributed by atoms with Crippen LogP contribution < -0.4 is 10.1 Å². The third-order valence-corrected chi connectivity index (χ3v) is 4.77. The Morgan fingerprint density at radius 1 is 1.04 bits per heavy atom. The fourth-order valence-electron chi connectivity index (χ4n) is 3.51. The minimum Gasteiger partial charge on any atom is -0.495 e. The molecule has 0 amide bonds. The van der Waals surface area contributed by atoms with Gasteiger partial charge in [-0.25, -0.2) is 4.79 Å². The normalized spacial score (nSPS) is 12.1. The van der Waals surface area contributed by atoms with Gasteiger partial charge in [0.25, 0.3) is 0 Å². The van der Waals surface area contributed by atoms with Gasteiger partial charge in [-0.2, -0.15) is 0 Å². The molecule has 0 spiro atoms. The summed E-state index contributed by atoms with van der Waals surface area (Å²) in [7, 11) is 1.64. The second-order valence-electron chi connectivity index (χ2n) is 6.32. The van der Waals surface area contributed by atoms with E-state index in [9.17, 15) is 4.79 Å². The standard InChI is InChI=1S/C22H15N3O3/c1-27-17-10-9-14-11-12-23-20-18(14)21(17)25-13-5-8-16(25)19(20)24-28-22(26)15-6-3-2-4-7-15/h2-13H,1H3. The van der Waals surface area contributed by atoms with Crippen LogP contribution in [-0.2, 0) is 4.84 Å². The highest BCUT2D eigenvalue weighted by atomic mass is 16.7. The summed E-state index contributed by atoms with van der Waals surface area (Å²) in [6.45, 7) is 0. The van der Waals surface area contributed by atoms with Gasteiger partial charge in [0.15, 0.2) is 5.36 Å². The van der Waals surface area contributed by atoms with Gasteiger partial charge >= 0.3 is 5.97 Å². The first-order chi connectivity index (χ1) is 13.8. The number of hydrogen-bond donors (Lipinski definition) is 0. The zero-order valence-electron chi connectivity index (χ0n) is 15.0. The first-order valence-electron chi connectivity index (χ1n) is 8.76.